The van der Waals surface area contributed by atoms with Crippen molar-refractivity contribution in [1.29, 1.82) is 0 Å². The van der Waals surface area contributed by atoms with Gasteiger partial charge in [0.05, 0.1) is 0 Å². The molecule has 9 aromatic carbocycles. The SMILES string of the molecule is C1=C(c2ccccc2)C(c2c3ccccc3c(-c3cccc(-c4cc5c6c(cccc6c4)-c4ccccc4-5)c3)c3ccccc23)c2ccccc21. The average molecular weight is 645 g/mol. The van der Waals surface area contributed by atoms with Crippen LogP contribution in [0.2, 0.25) is 0 Å². The van der Waals surface area contributed by atoms with Crippen LogP contribution in [0.1, 0.15) is 28.2 Å². The van der Waals surface area contributed by atoms with Crippen LogP contribution in [-0.2, 0) is 0 Å². The standard InChI is InChI=1S/C51H32/c1-2-14-32(15-3-1)46-30-34-16-4-5-20-38(34)50(46)51-44-25-10-8-23-42(44)48(43-24-9-11-26-45(43)51)35-18-12-17-33(28-35)37-29-36-19-13-27-41-39-21-6-7-22-40(39)47(31-37)49(36)41/h1-31,50H. The first-order valence-corrected chi connectivity index (χ1v) is 17.9. The molecule has 0 nitrogen and oxygen atoms in total. The van der Waals surface area contributed by atoms with Crippen molar-refractivity contribution in [3.05, 3.63) is 204 Å². The Labute approximate surface area is 297 Å². The van der Waals surface area contributed by atoms with Gasteiger partial charge in [0.15, 0.2) is 0 Å². The minimum atomic E-state index is 0.122. The van der Waals surface area contributed by atoms with Gasteiger partial charge in [-0.1, -0.05) is 164 Å². The third-order valence-corrected chi connectivity index (χ3v) is 11.3. The summed E-state index contributed by atoms with van der Waals surface area (Å²) in [5, 5.41) is 7.85. The van der Waals surface area contributed by atoms with Gasteiger partial charge >= 0.3 is 0 Å². The number of hydrogen-bond acceptors (Lipinski definition) is 0. The number of fused-ring (bicyclic) bond motifs is 6. The summed E-state index contributed by atoms with van der Waals surface area (Å²) in [6.07, 6.45) is 2.41. The van der Waals surface area contributed by atoms with Crippen molar-refractivity contribution in [2.24, 2.45) is 0 Å². The van der Waals surface area contributed by atoms with Crippen LogP contribution in [0.5, 0.6) is 0 Å². The van der Waals surface area contributed by atoms with E-state index in [4.69, 9.17) is 0 Å². The lowest BCUT2D eigenvalue weighted by atomic mass is 9.78. The molecular weight excluding hydrogens is 613 g/mol. The second-order valence-electron chi connectivity index (χ2n) is 14.0. The highest BCUT2D eigenvalue weighted by Crippen LogP contribution is 2.52. The number of hydrogen-bond donors (Lipinski definition) is 0. The molecule has 2 aliphatic carbocycles. The van der Waals surface area contributed by atoms with E-state index in [2.05, 4.69) is 188 Å². The molecule has 51 heavy (non-hydrogen) atoms. The summed E-state index contributed by atoms with van der Waals surface area (Å²) in [6.45, 7) is 0. The smallest absolute Gasteiger partial charge is 0.0364 e. The number of allylic oxidation sites excluding steroid dienone is 1. The van der Waals surface area contributed by atoms with E-state index in [1.54, 1.807) is 0 Å². The van der Waals surface area contributed by atoms with Crippen LogP contribution in [0.3, 0.4) is 0 Å². The van der Waals surface area contributed by atoms with Gasteiger partial charge in [-0.2, -0.15) is 0 Å². The number of benzene rings is 9. The molecule has 9 aromatic rings. The fourth-order valence-corrected chi connectivity index (χ4v) is 9.14. The fourth-order valence-electron chi connectivity index (χ4n) is 9.14. The molecule has 0 aliphatic heterocycles. The van der Waals surface area contributed by atoms with Gasteiger partial charge < -0.3 is 0 Å². The van der Waals surface area contributed by atoms with Crippen molar-refractivity contribution in [1.82, 2.24) is 0 Å². The molecule has 1 atom stereocenters. The largest absolute Gasteiger partial charge is 0.0622 e. The predicted molar refractivity (Wildman–Crippen MR) is 217 cm³/mol. The molecule has 0 saturated carbocycles. The molecule has 0 saturated heterocycles. The maximum absolute atomic E-state index is 2.41. The first-order valence-electron chi connectivity index (χ1n) is 17.9. The minimum Gasteiger partial charge on any atom is -0.0622 e. The van der Waals surface area contributed by atoms with Crippen LogP contribution in [0.15, 0.2) is 182 Å². The van der Waals surface area contributed by atoms with E-state index >= 15 is 0 Å². The normalized spacial score (nSPS) is 14.2. The second-order valence-corrected chi connectivity index (χ2v) is 14.0. The Morgan fingerprint density at radius 2 is 0.941 bits per heavy atom. The van der Waals surface area contributed by atoms with E-state index in [0.717, 1.165) is 0 Å². The quantitative estimate of drug-likeness (QED) is 0.167. The van der Waals surface area contributed by atoms with Gasteiger partial charge in [-0.25, -0.2) is 0 Å². The molecule has 0 N–H and O–H groups in total. The van der Waals surface area contributed by atoms with E-state index in [-0.39, 0.29) is 5.92 Å². The van der Waals surface area contributed by atoms with E-state index in [0.29, 0.717) is 0 Å². The van der Waals surface area contributed by atoms with E-state index in [9.17, 15) is 0 Å². The molecule has 0 bridgehead atoms. The predicted octanol–water partition coefficient (Wildman–Crippen LogP) is 13.8. The van der Waals surface area contributed by atoms with Gasteiger partial charge in [0, 0.05) is 5.92 Å². The van der Waals surface area contributed by atoms with Crippen LogP contribution >= 0.6 is 0 Å². The van der Waals surface area contributed by atoms with Crippen molar-refractivity contribution >= 4 is 44.0 Å². The van der Waals surface area contributed by atoms with Crippen molar-refractivity contribution in [3.8, 4) is 44.5 Å². The summed E-state index contributed by atoms with van der Waals surface area (Å²) in [4.78, 5) is 0. The summed E-state index contributed by atoms with van der Waals surface area (Å²) in [5.74, 6) is 0.122. The Balaban J connectivity index is 1.14. The van der Waals surface area contributed by atoms with Gasteiger partial charge in [0.25, 0.3) is 0 Å². The van der Waals surface area contributed by atoms with Gasteiger partial charge in [0.2, 0.25) is 0 Å². The summed E-state index contributed by atoms with van der Waals surface area (Å²) in [5.41, 5.74) is 17.0. The van der Waals surface area contributed by atoms with Crippen molar-refractivity contribution in [3.63, 3.8) is 0 Å². The van der Waals surface area contributed by atoms with Crippen molar-refractivity contribution < 1.29 is 0 Å². The molecule has 236 valence electrons. The zero-order chi connectivity index (χ0) is 33.5. The zero-order valence-corrected chi connectivity index (χ0v) is 28.0. The molecular formula is C51H32. The molecule has 1 unspecified atom stereocenters. The Hall–Kier alpha value is -6.50. The molecule has 0 aromatic heterocycles. The molecule has 0 fully saturated rings. The van der Waals surface area contributed by atoms with Gasteiger partial charge in [-0.15, -0.1) is 0 Å². The lowest BCUT2D eigenvalue weighted by molar-refractivity contribution is 1.10. The Morgan fingerprint density at radius 1 is 0.353 bits per heavy atom. The summed E-state index contributed by atoms with van der Waals surface area (Å²) in [7, 11) is 0. The van der Waals surface area contributed by atoms with Gasteiger partial charge in [-0.3, -0.25) is 0 Å². The third-order valence-electron chi connectivity index (χ3n) is 11.3. The molecule has 0 spiro atoms. The average Bonchev–Trinajstić information content (AvgIpc) is 3.74. The van der Waals surface area contributed by atoms with Crippen molar-refractivity contribution in [2.45, 2.75) is 5.92 Å². The van der Waals surface area contributed by atoms with Gasteiger partial charge in [-0.05, 0) is 129 Å². The molecule has 0 radical (unpaired) electrons. The molecule has 0 heteroatoms. The topological polar surface area (TPSA) is 0 Å². The maximum Gasteiger partial charge on any atom is 0.0364 e. The van der Waals surface area contributed by atoms with Crippen LogP contribution in [0.25, 0.3) is 88.5 Å². The Kier molecular flexibility index (Phi) is 6.12. The lowest BCUT2D eigenvalue weighted by Gasteiger charge is -2.24. The lowest BCUT2D eigenvalue weighted by Crippen LogP contribution is -2.04. The Bertz CT molecular complexity index is 2850. The van der Waals surface area contributed by atoms with Crippen LogP contribution in [0, 0.1) is 0 Å². The number of rotatable bonds is 4. The fraction of sp³-hybridized carbons (Fsp3) is 0.0196. The highest BCUT2D eigenvalue weighted by molar-refractivity contribution is 6.18. The highest BCUT2D eigenvalue weighted by Gasteiger charge is 2.31. The van der Waals surface area contributed by atoms with E-state index < -0.39 is 0 Å². The van der Waals surface area contributed by atoms with E-state index in [1.165, 1.54) is 105 Å². The van der Waals surface area contributed by atoms with Crippen LogP contribution in [-0.4, -0.2) is 0 Å². The summed E-state index contributed by atoms with van der Waals surface area (Å²) >= 11 is 0. The highest BCUT2D eigenvalue weighted by atomic mass is 14.3. The summed E-state index contributed by atoms with van der Waals surface area (Å²) in [6, 6.07) is 67.6. The Morgan fingerprint density at radius 3 is 1.73 bits per heavy atom. The van der Waals surface area contributed by atoms with Crippen molar-refractivity contribution in [2.75, 3.05) is 0 Å². The zero-order valence-electron chi connectivity index (χ0n) is 28.0. The van der Waals surface area contributed by atoms with Gasteiger partial charge in [0.1, 0.15) is 0 Å². The van der Waals surface area contributed by atoms with Crippen LogP contribution in [0.4, 0.5) is 0 Å². The first-order chi connectivity index (χ1) is 25.3. The monoisotopic (exact) mass is 644 g/mol. The maximum atomic E-state index is 2.41. The molecule has 11 rings (SSSR count). The van der Waals surface area contributed by atoms with E-state index in [1.807, 2.05) is 0 Å². The molecule has 0 heterocycles. The minimum absolute atomic E-state index is 0.122. The second kappa shape index (κ2) is 11.0. The third kappa shape index (κ3) is 4.20. The first kappa shape index (κ1) is 28.3. The molecule has 0 amide bonds. The summed E-state index contributed by atoms with van der Waals surface area (Å²) < 4.78 is 0. The van der Waals surface area contributed by atoms with Crippen LogP contribution < -0.4 is 0 Å². The molecule has 2 aliphatic rings.